The first-order valence-electron chi connectivity index (χ1n) is 8.03. The van der Waals surface area contributed by atoms with Gasteiger partial charge < -0.3 is 15.4 Å². The second-order valence-corrected chi connectivity index (χ2v) is 5.77. The van der Waals surface area contributed by atoms with Crippen LogP contribution in [0.2, 0.25) is 5.02 Å². The number of hydrogen-bond acceptors (Lipinski definition) is 5. The van der Waals surface area contributed by atoms with Crippen molar-refractivity contribution in [3.05, 3.63) is 71.6 Å². The third-order valence-corrected chi connectivity index (χ3v) is 3.69. The standard InChI is InChI=1S/C19H17ClN4O2/c1-2-26-16-9-7-15(8-10-16)24-19(25)17-11-18(22-12-21-17)23-14-5-3-13(20)4-6-14/h3-12H,2H2,1H3,(H,24,25)(H,21,22,23). The van der Waals surface area contributed by atoms with E-state index in [9.17, 15) is 4.79 Å². The molecular weight excluding hydrogens is 352 g/mol. The Morgan fingerprint density at radius 3 is 2.42 bits per heavy atom. The minimum atomic E-state index is -0.323. The minimum Gasteiger partial charge on any atom is -0.494 e. The maximum Gasteiger partial charge on any atom is 0.274 e. The Morgan fingerprint density at radius 2 is 1.73 bits per heavy atom. The third kappa shape index (κ3) is 4.70. The van der Waals surface area contributed by atoms with E-state index in [1.165, 1.54) is 6.33 Å². The summed E-state index contributed by atoms with van der Waals surface area (Å²) in [6.07, 6.45) is 1.34. The molecular formula is C19H17ClN4O2. The first-order chi connectivity index (χ1) is 12.6. The van der Waals surface area contributed by atoms with E-state index in [0.717, 1.165) is 11.4 Å². The Morgan fingerprint density at radius 1 is 1.04 bits per heavy atom. The number of hydrogen-bond donors (Lipinski definition) is 2. The molecule has 1 amide bonds. The fourth-order valence-corrected chi connectivity index (χ4v) is 2.35. The lowest BCUT2D eigenvalue weighted by Gasteiger charge is -2.08. The predicted molar refractivity (Wildman–Crippen MR) is 102 cm³/mol. The Bertz CT molecular complexity index is 883. The fraction of sp³-hybridized carbons (Fsp3) is 0.105. The lowest BCUT2D eigenvalue weighted by Crippen LogP contribution is -2.14. The van der Waals surface area contributed by atoms with Crippen molar-refractivity contribution in [3.8, 4) is 5.75 Å². The number of carbonyl (C=O) groups is 1. The molecule has 0 aliphatic heterocycles. The summed E-state index contributed by atoms with van der Waals surface area (Å²) < 4.78 is 5.38. The van der Waals surface area contributed by atoms with Gasteiger partial charge in [-0.05, 0) is 55.5 Å². The quantitative estimate of drug-likeness (QED) is 0.668. The van der Waals surface area contributed by atoms with Gasteiger partial charge in [0.1, 0.15) is 23.6 Å². The summed E-state index contributed by atoms with van der Waals surface area (Å²) in [5, 5.41) is 6.55. The molecule has 3 aromatic rings. The van der Waals surface area contributed by atoms with Gasteiger partial charge in [-0.25, -0.2) is 9.97 Å². The summed E-state index contributed by atoms with van der Waals surface area (Å²) in [5.74, 6) is 0.942. The van der Waals surface area contributed by atoms with Crippen LogP contribution in [0.3, 0.4) is 0 Å². The van der Waals surface area contributed by atoms with Gasteiger partial charge in [-0.1, -0.05) is 11.6 Å². The van der Waals surface area contributed by atoms with Crippen LogP contribution in [0, 0.1) is 0 Å². The average Bonchev–Trinajstić information content (AvgIpc) is 2.66. The lowest BCUT2D eigenvalue weighted by molar-refractivity contribution is 0.102. The smallest absolute Gasteiger partial charge is 0.274 e. The Balaban J connectivity index is 1.68. The average molecular weight is 369 g/mol. The van der Waals surface area contributed by atoms with Crippen LogP contribution in [-0.2, 0) is 0 Å². The Hall–Kier alpha value is -3.12. The molecule has 0 fully saturated rings. The highest BCUT2D eigenvalue weighted by atomic mass is 35.5. The minimum absolute atomic E-state index is 0.255. The maximum absolute atomic E-state index is 12.4. The molecule has 7 heteroatoms. The maximum atomic E-state index is 12.4. The van der Waals surface area contributed by atoms with Crippen LogP contribution in [0.25, 0.3) is 0 Å². The van der Waals surface area contributed by atoms with E-state index in [4.69, 9.17) is 16.3 Å². The molecule has 0 saturated carbocycles. The molecule has 0 aliphatic rings. The molecule has 132 valence electrons. The zero-order valence-corrected chi connectivity index (χ0v) is 14.8. The van der Waals surface area contributed by atoms with Crippen LogP contribution in [0.1, 0.15) is 17.4 Å². The van der Waals surface area contributed by atoms with Crippen molar-refractivity contribution in [3.63, 3.8) is 0 Å². The van der Waals surface area contributed by atoms with Crippen molar-refractivity contribution in [2.45, 2.75) is 6.92 Å². The number of aromatic nitrogens is 2. The number of carbonyl (C=O) groups excluding carboxylic acids is 1. The van der Waals surface area contributed by atoms with Gasteiger partial charge in [0, 0.05) is 22.5 Å². The van der Waals surface area contributed by atoms with E-state index < -0.39 is 0 Å². The van der Waals surface area contributed by atoms with E-state index in [1.54, 1.807) is 42.5 Å². The molecule has 0 bridgehead atoms. The topological polar surface area (TPSA) is 76.1 Å². The molecule has 6 nitrogen and oxygen atoms in total. The Labute approximate surface area is 156 Å². The van der Waals surface area contributed by atoms with Gasteiger partial charge in [-0.2, -0.15) is 0 Å². The van der Waals surface area contributed by atoms with Crippen LogP contribution in [0.4, 0.5) is 17.2 Å². The van der Waals surface area contributed by atoms with Crippen LogP contribution >= 0.6 is 11.6 Å². The highest BCUT2D eigenvalue weighted by molar-refractivity contribution is 6.30. The van der Waals surface area contributed by atoms with Crippen molar-refractivity contribution in [2.75, 3.05) is 17.2 Å². The number of nitrogens with one attached hydrogen (secondary N) is 2. The van der Waals surface area contributed by atoms with Crippen molar-refractivity contribution < 1.29 is 9.53 Å². The lowest BCUT2D eigenvalue weighted by atomic mass is 10.2. The van der Waals surface area contributed by atoms with Gasteiger partial charge in [0.15, 0.2) is 0 Å². The van der Waals surface area contributed by atoms with Gasteiger partial charge in [0.2, 0.25) is 0 Å². The van der Waals surface area contributed by atoms with Crippen molar-refractivity contribution in [2.24, 2.45) is 0 Å². The summed E-state index contributed by atoms with van der Waals surface area (Å²) in [6, 6.07) is 15.9. The number of rotatable bonds is 6. The van der Waals surface area contributed by atoms with E-state index in [0.29, 0.717) is 23.1 Å². The highest BCUT2D eigenvalue weighted by Gasteiger charge is 2.09. The third-order valence-electron chi connectivity index (χ3n) is 3.44. The van der Waals surface area contributed by atoms with Crippen LogP contribution in [0.5, 0.6) is 5.75 Å². The van der Waals surface area contributed by atoms with Gasteiger partial charge in [-0.15, -0.1) is 0 Å². The van der Waals surface area contributed by atoms with Crippen molar-refractivity contribution >= 4 is 34.7 Å². The first kappa shape index (κ1) is 17.7. The van der Waals surface area contributed by atoms with Gasteiger partial charge >= 0.3 is 0 Å². The second-order valence-electron chi connectivity index (χ2n) is 5.33. The van der Waals surface area contributed by atoms with E-state index >= 15 is 0 Å². The number of ether oxygens (including phenoxy) is 1. The molecule has 0 spiro atoms. The number of benzene rings is 2. The molecule has 26 heavy (non-hydrogen) atoms. The van der Waals surface area contributed by atoms with Crippen molar-refractivity contribution in [1.29, 1.82) is 0 Å². The zero-order valence-electron chi connectivity index (χ0n) is 14.1. The normalized spacial score (nSPS) is 10.2. The van der Waals surface area contributed by atoms with E-state index in [2.05, 4.69) is 20.6 Å². The van der Waals surface area contributed by atoms with Crippen LogP contribution < -0.4 is 15.4 Å². The van der Waals surface area contributed by atoms with E-state index in [1.807, 2.05) is 19.1 Å². The number of halogens is 1. The molecule has 0 radical (unpaired) electrons. The molecule has 0 saturated heterocycles. The molecule has 0 atom stereocenters. The molecule has 0 aliphatic carbocycles. The summed E-state index contributed by atoms with van der Waals surface area (Å²) >= 11 is 5.87. The zero-order chi connectivity index (χ0) is 18.4. The summed E-state index contributed by atoms with van der Waals surface area (Å²) in [5.41, 5.74) is 1.72. The fourth-order valence-electron chi connectivity index (χ4n) is 2.23. The summed E-state index contributed by atoms with van der Waals surface area (Å²) in [7, 11) is 0. The van der Waals surface area contributed by atoms with E-state index in [-0.39, 0.29) is 11.6 Å². The molecule has 0 unspecified atom stereocenters. The second kappa shape index (κ2) is 8.31. The van der Waals surface area contributed by atoms with Gasteiger partial charge in [0.25, 0.3) is 5.91 Å². The number of anilines is 3. The first-order valence-corrected chi connectivity index (χ1v) is 8.40. The largest absolute Gasteiger partial charge is 0.494 e. The molecule has 3 rings (SSSR count). The highest BCUT2D eigenvalue weighted by Crippen LogP contribution is 2.19. The van der Waals surface area contributed by atoms with Gasteiger partial charge in [0.05, 0.1) is 6.61 Å². The summed E-state index contributed by atoms with van der Waals surface area (Å²) in [6.45, 7) is 2.51. The molecule has 1 aromatic heterocycles. The molecule has 1 heterocycles. The van der Waals surface area contributed by atoms with Crippen molar-refractivity contribution in [1.82, 2.24) is 9.97 Å². The Kier molecular flexibility index (Phi) is 5.66. The number of nitrogens with zero attached hydrogens (tertiary/aromatic N) is 2. The predicted octanol–water partition coefficient (Wildman–Crippen LogP) is 4.52. The number of amides is 1. The SMILES string of the molecule is CCOc1ccc(NC(=O)c2cc(Nc3ccc(Cl)cc3)ncn2)cc1. The van der Waals surface area contributed by atoms with Crippen LogP contribution in [-0.4, -0.2) is 22.5 Å². The monoisotopic (exact) mass is 368 g/mol. The van der Waals surface area contributed by atoms with Gasteiger partial charge in [-0.3, -0.25) is 4.79 Å². The molecule has 2 N–H and O–H groups in total. The summed E-state index contributed by atoms with van der Waals surface area (Å²) in [4.78, 5) is 20.6. The molecule has 2 aromatic carbocycles. The van der Waals surface area contributed by atoms with Crippen LogP contribution in [0.15, 0.2) is 60.9 Å².